The van der Waals surface area contributed by atoms with Gasteiger partial charge in [-0.25, -0.2) is 0 Å². The van der Waals surface area contributed by atoms with Crippen molar-refractivity contribution in [3.63, 3.8) is 0 Å². The van der Waals surface area contributed by atoms with Gasteiger partial charge in [-0.3, -0.25) is 4.79 Å². The van der Waals surface area contributed by atoms with E-state index in [1.54, 1.807) is 13.0 Å². The molecule has 0 bridgehead atoms. The maximum atomic E-state index is 13.3. The van der Waals surface area contributed by atoms with E-state index in [1.165, 1.54) is 0 Å². The number of carbonyl (C=O) groups excluding carboxylic acids is 1. The lowest BCUT2D eigenvalue weighted by atomic mass is 9.84. The molecule has 6 heteroatoms. The van der Waals surface area contributed by atoms with E-state index in [2.05, 4.69) is 10.6 Å². The molecule has 1 unspecified atom stereocenters. The minimum atomic E-state index is -4.55. The van der Waals surface area contributed by atoms with Crippen molar-refractivity contribution in [2.45, 2.75) is 32.5 Å². The summed E-state index contributed by atoms with van der Waals surface area (Å²) in [6.45, 7) is 3.43. The maximum absolute atomic E-state index is 13.3. The number of benzene rings is 1. The van der Waals surface area contributed by atoms with Crippen LogP contribution in [0.3, 0.4) is 0 Å². The van der Waals surface area contributed by atoms with Gasteiger partial charge in [0.05, 0.1) is 6.04 Å². The Kier molecular flexibility index (Phi) is 4.27. The first kappa shape index (κ1) is 15.8. The lowest BCUT2D eigenvalue weighted by Gasteiger charge is -2.31. The van der Waals surface area contributed by atoms with Gasteiger partial charge in [-0.05, 0) is 32.4 Å². The second kappa shape index (κ2) is 5.67. The molecule has 2 N–H and O–H groups in total. The zero-order valence-electron chi connectivity index (χ0n) is 12.1. The lowest BCUT2D eigenvalue weighted by Crippen LogP contribution is -2.52. The van der Waals surface area contributed by atoms with E-state index < -0.39 is 23.5 Å². The number of nitrogens with one attached hydrogen (secondary N) is 2. The molecule has 1 fully saturated rings. The average molecular weight is 300 g/mol. The van der Waals surface area contributed by atoms with Crippen molar-refractivity contribution >= 4 is 5.91 Å². The third kappa shape index (κ3) is 3.05. The van der Waals surface area contributed by atoms with Crippen molar-refractivity contribution in [1.29, 1.82) is 0 Å². The molecule has 1 saturated heterocycles. The van der Waals surface area contributed by atoms with Crippen LogP contribution < -0.4 is 10.6 Å². The first-order chi connectivity index (χ1) is 9.76. The summed E-state index contributed by atoms with van der Waals surface area (Å²) < 4.78 is 39.8. The molecule has 2 atom stereocenters. The van der Waals surface area contributed by atoms with Crippen molar-refractivity contribution in [1.82, 2.24) is 10.6 Å². The van der Waals surface area contributed by atoms with Gasteiger partial charge in [0.25, 0.3) is 0 Å². The van der Waals surface area contributed by atoms with Crippen LogP contribution in [0.5, 0.6) is 0 Å². The summed E-state index contributed by atoms with van der Waals surface area (Å²) in [4.78, 5) is 12.2. The van der Waals surface area contributed by atoms with Crippen molar-refractivity contribution in [2.75, 3.05) is 13.1 Å². The van der Waals surface area contributed by atoms with Gasteiger partial charge in [-0.2, -0.15) is 13.2 Å². The Balaban J connectivity index is 2.16. The topological polar surface area (TPSA) is 41.1 Å². The maximum Gasteiger partial charge on any atom is 0.404 e. The smallest absolute Gasteiger partial charge is 0.349 e. The van der Waals surface area contributed by atoms with E-state index in [0.717, 1.165) is 11.1 Å². The van der Waals surface area contributed by atoms with Gasteiger partial charge in [0, 0.05) is 6.54 Å². The van der Waals surface area contributed by atoms with Gasteiger partial charge >= 0.3 is 6.18 Å². The molecule has 0 spiro atoms. The van der Waals surface area contributed by atoms with Crippen LogP contribution in [0, 0.1) is 12.3 Å². The average Bonchev–Trinajstić information content (AvgIpc) is 2.88. The fraction of sp³-hybridized carbons (Fsp3) is 0.533. The number of rotatable bonds is 3. The molecular weight excluding hydrogens is 281 g/mol. The predicted octanol–water partition coefficient (Wildman–Crippen LogP) is 2.71. The van der Waals surface area contributed by atoms with Crippen LogP contribution in [0.2, 0.25) is 0 Å². The monoisotopic (exact) mass is 300 g/mol. The van der Waals surface area contributed by atoms with E-state index >= 15 is 0 Å². The first-order valence-corrected chi connectivity index (χ1v) is 6.91. The fourth-order valence-electron chi connectivity index (χ4n) is 2.61. The van der Waals surface area contributed by atoms with Crippen LogP contribution in [0.4, 0.5) is 13.2 Å². The molecule has 0 saturated carbocycles. The number of hydrogen-bond acceptors (Lipinski definition) is 2. The SMILES string of the molecule is Cc1cccc([C@@H](C)NC(=O)C2(C(F)(F)F)CCNC2)c1. The second-order valence-electron chi connectivity index (χ2n) is 5.62. The molecule has 1 aromatic rings. The highest BCUT2D eigenvalue weighted by molar-refractivity contribution is 5.84. The Morgan fingerprint density at radius 2 is 2.14 bits per heavy atom. The molecule has 1 aromatic carbocycles. The Labute approximate surface area is 121 Å². The molecule has 0 aromatic heterocycles. The summed E-state index contributed by atoms with van der Waals surface area (Å²) in [7, 11) is 0. The Morgan fingerprint density at radius 1 is 1.43 bits per heavy atom. The second-order valence-corrected chi connectivity index (χ2v) is 5.62. The Morgan fingerprint density at radius 3 is 2.67 bits per heavy atom. The summed E-state index contributed by atoms with van der Waals surface area (Å²) >= 11 is 0. The minimum absolute atomic E-state index is 0.200. The Bertz CT molecular complexity index is 522. The van der Waals surface area contributed by atoms with E-state index in [4.69, 9.17) is 0 Å². The van der Waals surface area contributed by atoms with E-state index in [9.17, 15) is 18.0 Å². The Hall–Kier alpha value is -1.56. The molecule has 1 aliphatic heterocycles. The summed E-state index contributed by atoms with van der Waals surface area (Å²) in [5, 5.41) is 5.16. The van der Waals surface area contributed by atoms with Crippen LogP contribution in [0.1, 0.15) is 30.5 Å². The van der Waals surface area contributed by atoms with Crippen molar-refractivity contribution in [3.05, 3.63) is 35.4 Å². The summed E-state index contributed by atoms with van der Waals surface area (Å²) in [6, 6.07) is 6.92. The highest BCUT2D eigenvalue weighted by Gasteiger charge is 2.61. The number of alkyl halides is 3. The first-order valence-electron chi connectivity index (χ1n) is 6.91. The summed E-state index contributed by atoms with van der Waals surface area (Å²) in [6.07, 6.45) is -4.77. The fourth-order valence-corrected chi connectivity index (χ4v) is 2.61. The molecule has 21 heavy (non-hydrogen) atoms. The van der Waals surface area contributed by atoms with Gasteiger partial charge < -0.3 is 10.6 Å². The van der Waals surface area contributed by atoms with Crippen LogP contribution in [-0.2, 0) is 4.79 Å². The lowest BCUT2D eigenvalue weighted by molar-refractivity contribution is -0.216. The van der Waals surface area contributed by atoms with Gasteiger partial charge in [0.1, 0.15) is 0 Å². The normalized spacial score (nSPS) is 23.9. The third-order valence-electron chi connectivity index (χ3n) is 4.02. The standard InChI is InChI=1S/C15H19F3N2O/c1-10-4-3-5-12(8-10)11(2)20-13(21)14(15(16,17)18)6-7-19-9-14/h3-5,8,11,19H,6-7,9H2,1-2H3,(H,20,21)/t11-,14?/m1/s1. The molecule has 0 radical (unpaired) electrons. The number of carbonyl (C=O) groups is 1. The van der Waals surface area contributed by atoms with Crippen LogP contribution in [0.25, 0.3) is 0 Å². The quantitative estimate of drug-likeness (QED) is 0.901. The highest BCUT2D eigenvalue weighted by Crippen LogP contribution is 2.43. The van der Waals surface area contributed by atoms with Gasteiger partial charge in [-0.1, -0.05) is 29.8 Å². The number of aryl methyl sites for hydroxylation is 1. The van der Waals surface area contributed by atoms with Crippen molar-refractivity contribution in [2.24, 2.45) is 5.41 Å². The van der Waals surface area contributed by atoms with E-state index in [1.807, 2.05) is 25.1 Å². The molecule has 1 aliphatic rings. The minimum Gasteiger partial charge on any atom is -0.349 e. The summed E-state index contributed by atoms with van der Waals surface area (Å²) in [5.41, 5.74) is -0.515. The zero-order valence-corrected chi connectivity index (χ0v) is 12.1. The van der Waals surface area contributed by atoms with Crippen LogP contribution in [0.15, 0.2) is 24.3 Å². The number of halogens is 3. The number of hydrogen-bond donors (Lipinski definition) is 2. The molecular formula is C15H19F3N2O. The van der Waals surface area contributed by atoms with E-state index in [0.29, 0.717) is 0 Å². The van der Waals surface area contributed by atoms with Crippen LogP contribution in [-0.4, -0.2) is 25.2 Å². The molecule has 1 heterocycles. The van der Waals surface area contributed by atoms with Gasteiger partial charge in [0.15, 0.2) is 5.41 Å². The molecule has 116 valence electrons. The predicted molar refractivity (Wildman–Crippen MR) is 73.7 cm³/mol. The summed E-state index contributed by atoms with van der Waals surface area (Å²) in [5.74, 6) is -0.950. The van der Waals surface area contributed by atoms with Crippen molar-refractivity contribution < 1.29 is 18.0 Å². The molecule has 0 aliphatic carbocycles. The molecule has 3 nitrogen and oxygen atoms in total. The third-order valence-corrected chi connectivity index (χ3v) is 4.02. The largest absolute Gasteiger partial charge is 0.404 e. The molecule has 2 rings (SSSR count). The highest BCUT2D eigenvalue weighted by atomic mass is 19.4. The van der Waals surface area contributed by atoms with Crippen molar-refractivity contribution in [3.8, 4) is 0 Å². The zero-order chi connectivity index (χ0) is 15.7. The number of amides is 1. The van der Waals surface area contributed by atoms with Gasteiger partial charge in [-0.15, -0.1) is 0 Å². The van der Waals surface area contributed by atoms with Crippen LogP contribution >= 0.6 is 0 Å². The van der Waals surface area contributed by atoms with E-state index in [-0.39, 0.29) is 19.5 Å². The van der Waals surface area contributed by atoms with Gasteiger partial charge in [0.2, 0.25) is 5.91 Å². The molecule has 1 amide bonds.